The molecule has 2 N–H and O–H groups in total. The van der Waals surface area contributed by atoms with Crippen LogP contribution in [0.5, 0.6) is 0 Å². The molecule has 34 heavy (non-hydrogen) atoms. The van der Waals surface area contributed by atoms with Crippen LogP contribution in [0, 0.1) is 11.6 Å². The van der Waals surface area contributed by atoms with Gasteiger partial charge in [-0.15, -0.1) is 0 Å². The van der Waals surface area contributed by atoms with E-state index in [0.717, 1.165) is 12.1 Å². The van der Waals surface area contributed by atoms with Gasteiger partial charge in [0.2, 0.25) is 0 Å². The van der Waals surface area contributed by atoms with Crippen molar-refractivity contribution < 1.29 is 31.9 Å². The zero-order chi connectivity index (χ0) is 24.6. The minimum atomic E-state index is -3.05. The van der Waals surface area contributed by atoms with Crippen molar-refractivity contribution in [2.75, 3.05) is 5.32 Å². The molecule has 1 aliphatic heterocycles. The molecule has 1 heterocycles. The van der Waals surface area contributed by atoms with Crippen LogP contribution in [0.25, 0.3) is 0 Å². The van der Waals surface area contributed by atoms with Crippen molar-refractivity contribution in [1.82, 2.24) is 5.32 Å². The van der Waals surface area contributed by atoms with Gasteiger partial charge in [-0.3, -0.25) is 9.59 Å². The molecule has 0 fully saturated rings. The Morgan fingerprint density at radius 1 is 1.12 bits per heavy atom. The number of rotatable bonds is 6. The Hall–Kier alpha value is -2.95. The van der Waals surface area contributed by atoms with Crippen LogP contribution in [-0.4, -0.2) is 18.4 Å². The van der Waals surface area contributed by atoms with E-state index in [1.807, 2.05) is 0 Å². The first-order chi connectivity index (χ1) is 16.1. The molecule has 1 unspecified atom stereocenters. The monoisotopic (exact) mass is 556 g/mol. The molecule has 1 atom stereocenters. The van der Waals surface area contributed by atoms with Gasteiger partial charge in [0.1, 0.15) is 11.6 Å². The van der Waals surface area contributed by atoms with Gasteiger partial charge in [0.15, 0.2) is 0 Å². The average molecular weight is 558 g/mol. The molecule has 0 aliphatic carbocycles. The number of carbonyl (C=O) groups is 2. The Morgan fingerprint density at radius 2 is 1.88 bits per heavy atom. The molecule has 176 valence electrons. The molecule has 1 aliphatic rings. The minimum Gasteiger partial charge on any atom is -0.341 e. The number of fused-ring (bicyclic) bond motifs is 1. The van der Waals surface area contributed by atoms with Crippen molar-refractivity contribution in [3.8, 4) is 0 Å². The molecule has 4 rings (SSSR count). The van der Waals surface area contributed by atoms with Crippen LogP contribution in [0.15, 0.2) is 53.0 Å². The number of nitrogens with one attached hydrogen (secondary N) is 2. The Bertz CT molecular complexity index is 1310. The van der Waals surface area contributed by atoms with E-state index in [2.05, 4.69) is 31.3 Å². The highest BCUT2D eigenvalue weighted by Gasteiger charge is 2.34. The third-order valence-corrected chi connectivity index (χ3v) is 5.87. The molecule has 0 bridgehead atoms. The van der Waals surface area contributed by atoms with Crippen molar-refractivity contribution in [3.05, 3.63) is 97.5 Å². The van der Waals surface area contributed by atoms with E-state index >= 15 is 0 Å². The Morgan fingerprint density at radius 3 is 2.62 bits per heavy atom. The second-order valence-corrected chi connectivity index (χ2v) is 8.68. The second kappa shape index (κ2) is 9.73. The van der Waals surface area contributed by atoms with E-state index < -0.39 is 42.7 Å². The standard InChI is InChI=1S/C23H14BrClF4N2O3/c24-12-6-16-19(20(31-22(16)33)15-8-13(26)1-2-17(15)25)18(7-12)30-21(32)11-3-10(4-14(27)5-11)9-34-23(28)29/h1-8,20,23H,9H2,(H,30,32)(H,31,33). The zero-order valence-corrected chi connectivity index (χ0v) is 19.3. The molecule has 0 radical (unpaired) electrons. The summed E-state index contributed by atoms with van der Waals surface area (Å²) >= 11 is 9.53. The SMILES string of the molecule is O=C(Nc1cc(Br)cc2c1C(c1cc(F)ccc1Cl)NC2=O)c1cc(F)cc(COC(F)F)c1. The van der Waals surface area contributed by atoms with Gasteiger partial charge in [-0.05, 0) is 54.1 Å². The number of amides is 2. The lowest BCUT2D eigenvalue weighted by atomic mass is 9.96. The van der Waals surface area contributed by atoms with Crippen LogP contribution < -0.4 is 10.6 Å². The maximum atomic E-state index is 14.0. The molecule has 3 aromatic rings. The molecule has 2 amide bonds. The number of alkyl halides is 2. The van der Waals surface area contributed by atoms with E-state index in [1.165, 1.54) is 36.4 Å². The Kier molecular flexibility index (Phi) is 6.92. The summed E-state index contributed by atoms with van der Waals surface area (Å²) in [6.07, 6.45) is 0. The number of benzene rings is 3. The van der Waals surface area contributed by atoms with E-state index in [1.54, 1.807) is 0 Å². The zero-order valence-electron chi connectivity index (χ0n) is 17.0. The summed E-state index contributed by atoms with van der Waals surface area (Å²) in [5.74, 6) is -2.61. The molecular weight excluding hydrogens is 544 g/mol. The quantitative estimate of drug-likeness (QED) is 0.355. The van der Waals surface area contributed by atoms with Gasteiger partial charge in [-0.25, -0.2) is 8.78 Å². The fraction of sp³-hybridized carbons (Fsp3) is 0.130. The van der Waals surface area contributed by atoms with Crippen LogP contribution in [0.2, 0.25) is 5.02 Å². The number of halogens is 6. The lowest BCUT2D eigenvalue weighted by Crippen LogP contribution is -2.21. The molecule has 0 saturated carbocycles. The van der Waals surface area contributed by atoms with Crippen molar-refractivity contribution in [2.24, 2.45) is 0 Å². The molecule has 11 heteroatoms. The van der Waals surface area contributed by atoms with Crippen molar-refractivity contribution >= 4 is 45.0 Å². The second-order valence-electron chi connectivity index (χ2n) is 7.36. The summed E-state index contributed by atoms with van der Waals surface area (Å²) in [6.45, 7) is -3.65. The Labute approximate surface area is 204 Å². The number of hydrogen-bond donors (Lipinski definition) is 2. The summed E-state index contributed by atoms with van der Waals surface area (Å²) in [7, 11) is 0. The van der Waals surface area contributed by atoms with Gasteiger partial charge in [-0.1, -0.05) is 27.5 Å². The highest BCUT2D eigenvalue weighted by molar-refractivity contribution is 9.10. The van der Waals surface area contributed by atoms with Crippen molar-refractivity contribution in [2.45, 2.75) is 19.3 Å². The number of carbonyl (C=O) groups excluding carboxylic acids is 2. The first-order valence-corrected chi connectivity index (χ1v) is 10.9. The molecular formula is C23H14BrClF4N2O3. The predicted octanol–water partition coefficient (Wildman–Crippen LogP) is 6.21. The maximum Gasteiger partial charge on any atom is 0.345 e. The van der Waals surface area contributed by atoms with Crippen molar-refractivity contribution in [1.29, 1.82) is 0 Å². The highest BCUT2D eigenvalue weighted by atomic mass is 79.9. The van der Waals surface area contributed by atoms with Crippen LogP contribution in [0.1, 0.15) is 43.4 Å². The van der Waals surface area contributed by atoms with Crippen molar-refractivity contribution in [3.63, 3.8) is 0 Å². The molecule has 3 aromatic carbocycles. The first-order valence-electron chi connectivity index (χ1n) is 9.72. The predicted molar refractivity (Wildman–Crippen MR) is 120 cm³/mol. The fourth-order valence-corrected chi connectivity index (χ4v) is 4.37. The maximum absolute atomic E-state index is 14.0. The van der Waals surface area contributed by atoms with Gasteiger partial charge in [0, 0.05) is 37.4 Å². The highest BCUT2D eigenvalue weighted by Crippen LogP contribution is 2.41. The number of ether oxygens (including phenoxy) is 1. The summed E-state index contributed by atoms with van der Waals surface area (Å²) in [4.78, 5) is 25.6. The third-order valence-electron chi connectivity index (χ3n) is 5.07. The fourth-order valence-electron chi connectivity index (χ4n) is 3.69. The number of anilines is 1. The van der Waals surface area contributed by atoms with Crippen LogP contribution in [-0.2, 0) is 11.3 Å². The van der Waals surface area contributed by atoms with Crippen LogP contribution >= 0.6 is 27.5 Å². The topological polar surface area (TPSA) is 67.4 Å². The van der Waals surface area contributed by atoms with Gasteiger partial charge in [0.25, 0.3) is 11.8 Å². The van der Waals surface area contributed by atoms with Crippen LogP contribution in [0.4, 0.5) is 23.2 Å². The smallest absolute Gasteiger partial charge is 0.341 e. The molecule has 0 aromatic heterocycles. The van der Waals surface area contributed by atoms with E-state index in [0.29, 0.717) is 10.0 Å². The lowest BCUT2D eigenvalue weighted by Gasteiger charge is -2.18. The van der Waals surface area contributed by atoms with Gasteiger partial charge >= 0.3 is 6.61 Å². The van der Waals surface area contributed by atoms with E-state index in [9.17, 15) is 27.2 Å². The largest absolute Gasteiger partial charge is 0.345 e. The normalized spacial score (nSPS) is 14.8. The summed E-state index contributed by atoms with van der Waals surface area (Å²) in [5, 5.41) is 5.54. The Balaban J connectivity index is 1.72. The summed E-state index contributed by atoms with van der Waals surface area (Å²) < 4.78 is 57.2. The molecule has 0 saturated heterocycles. The molecule has 5 nitrogen and oxygen atoms in total. The van der Waals surface area contributed by atoms with Gasteiger partial charge in [-0.2, -0.15) is 8.78 Å². The van der Waals surface area contributed by atoms with E-state index in [4.69, 9.17) is 11.6 Å². The molecule has 0 spiro atoms. The number of hydrogen-bond acceptors (Lipinski definition) is 3. The first kappa shape index (κ1) is 24.2. The minimum absolute atomic E-state index is 0.0335. The lowest BCUT2D eigenvalue weighted by molar-refractivity contribution is -0.137. The van der Waals surface area contributed by atoms with Gasteiger partial charge in [0.05, 0.1) is 12.6 Å². The summed E-state index contributed by atoms with van der Waals surface area (Å²) in [5.41, 5.74) is 0.911. The van der Waals surface area contributed by atoms with Crippen LogP contribution in [0.3, 0.4) is 0 Å². The van der Waals surface area contributed by atoms with Gasteiger partial charge < -0.3 is 15.4 Å². The van der Waals surface area contributed by atoms with E-state index in [-0.39, 0.29) is 33.0 Å². The average Bonchev–Trinajstić information content (AvgIpc) is 3.09. The third kappa shape index (κ3) is 5.08. The summed E-state index contributed by atoms with van der Waals surface area (Å²) in [6, 6.07) is 9.02.